The van der Waals surface area contributed by atoms with Crippen LogP contribution in [-0.4, -0.2) is 41.7 Å². The van der Waals surface area contributed by atoms with Gasteiger partial charge in [0.25, 0.3) is 5.91 Å². The van der Waals surface area contributed by atoms with Gasteiger partial charge in [0.15, 0.2) is 6.61 Å². The fourth-order valence-corrected chi connectivity index (χ4v) is 4.70. The molecule has 1 aliphatic carbocycles. The van der Waals surface area contributed by atoms with Crippen molar-refractivity contribution in [3.8, 4) is 0 Å². The van der Waals surface area contributed by atoms with Crippen LogP contribution < -0.4 is 5.32 Å². The Kier molecular flexibility index (Phi) is 6.02. The molecule has 3 atom stereocenters. The van der Waals surface area contributed by atoms with Gasteiger partial charge in [-0.25, -0.2) is 0 Å². The molecule has 4 rings (SSSR count). The molecule has 162 valence electrons. The van der Waals surface area contributed by atoms with Crippen molar-refractivity contribution in [1.29, 1.82) is 0 Å². The van der Waals surface area contributed by atoms with Gasteiger partial charge in [-0.15, -0.1) is 0 Å². The summed E-state index contributed by atoms with van der Waals surface area (Å²) in [5, 5.41) is 4.95. The summed E-state index contributed by atoms with van der Waals surface area (Å²) in [6, 6.07) is 13.5. The number of hydrogen-bond donors (Lipinski definition) is 1. The summed E-state index contributed by atoms with van der Waals surface area (Å²) in [7, 11) is 0. The lowest BCUT2D eigenvalue weighted by Gasteiger charge is -2.19. The van der Waals surface area contributed by atoms with E-state index in [1.54, 1.807) is 0 Å². The van der Waals surface area contributed by atoms with E-state index in [2.05, 4.69) is 5.32 Å². The summed E-state index contributed by atoms with van der Waals surface area (Å²) in [5.41, 5.74) is 0.966. The van der Waals surface area contributed by atoms with Gasteiger partial charge in [0.1, 0.15) is 6.54 Å². The summed E-state index contributed by atoms with van der Waals surface area (Å²) < 4.78 is 5.04. The Morgan fingerprint density at radius 1 is 1.03 bits per heavy atom. The Labute approximate surface area is 180 Å². The number of rotatable bonds is 6. The number of carbonyl (C=O) groups excluding carboxylic acids is 4. The highest BCUT2D eigenvalue weighted by atomic mass is 16.5. The molecule has 2 aliphatic rings. The molecule has 0 spiro atoms. The second-order valence-corrected chi connectivity index (χ2v) is 8.28. The second kappa shape index (κ2) is 8.88. The zero-order valence-corrected chi connectivity index (χ0v) is 17.5. The number of carbonyl (C=O) groups is 4. The van der Waals surface area contributed by atoms with Gasteiger partial charge in [0.05, 0.1) is 17.9 Å². The Morgan fingerprint density at radius 2 is 1.68 bits per heavy atom. The van der Waals surface area contributed by atoms with E-state index in [1.165, 1.54) is 0 Å². The minimum absolute atomic E-state index is 0.276. The summed E-state index contributed by atoms with van der Waals surface area (Å²) in [6.45, 7) is 0.971. The van der Waals surface area contributed by atoms with Crippen LogP contribution in [0, 0.1) is 11.8 Å². The van der Waals surface area contributed by atoms with E-state index in [1.807, 2.05) is 49.4 Å². The van der Waals surface area contributed by atoms with E-state index in [4.69, 9.17) is 4.74 Å². The van der Waals surface area contributed by atoms with Crippen molar-refractivity contribution in [3.63, 3.8) is 0 Å². The van der Waals surface area contributed by atoms with Crippen LogP contribution in [0.3, 0.4) is 0 Å². The number of ether oxygens (including phenoxy) is 1. The van der Waals surface area contributed by atoms with Gasteiger partial charge in [0.2, 0.25) is 11.8 Å². The fraction of sp³-hybridized carbons (Fsp3) is 0.417. The molecule has 1 saturated carbocycles. The Balaban J connectivity index is 1.30. The highest BCUT2D eigenvalue weighted by Crippen LogP contribution is 2.37. The van der Waals surface area contributed by atoms with Crippen LogP contribution in [0.1, 0.15) is 44.2 Å². The Bertz CT molecular complexity index is 1000. The first-order chi connectivity index (χ1) is 15.0. The van der Waals surface area contributed by atoms with Crippen LogP contribution in [0.15, 0.2) is 42.5 Å². The average molecular weight is 422 g/mol. The Morgan fingerprint density at radius 3 is 2.39 bits per heavy atom. The highest BCUT2D eigenvalue weighted by molar-refractivity contribution is 6.07. The SMILES string of the molecule is CC(NC(=O)COC(=O)CN1C(=O)C2CCCCC2C1=O)c1cccc2ccccc12. The standard InChI is InChI=1S/C24H26N2O5/c1-15(17-12-6-8-16-7-2-3-9-18(16)17)25-21(27)14-31-22(28)13-26-23(29)19-10-4-5-11-20(19)24(26)30/h2-3,6-9,12,15,19-20H,4-5,10-11,13-14H2,1H3,(H,25,27). The fourth-order valence-electron chi connectivity index (χ4n) is 4.70. The summed E-state index contributed by atoms with van der Waals surface area (Å²) in [4.78, 5) is 50.4. The molecule has 1 heterocycles. The van der Waals surface area contributed by atoms with Crippen molar-refractivity contribution in [2.24, 2.45) is 11.8 Å². The smallest absolute Gasteiger partial charge is 0.326 e. The van der Waals surface area contributed by atoms with Gasteiger partial charge < -0.3 is 10.1 Å². The average Bonchev–Trinajstić information content (AvgIpc) is 3.02. The molecule has 3 unspecified atom stereocenters. The van der Waals surface area contributed by atoms with Crippen molar-refractivity contribution in [1.82, 2.24) is 10.2 Å². The first-order valence-electron chi connectivity index (χ1n) is 10.7. The Hall–Kier alpha value is -3.22. The number of likely N-dealkylation sites (tertiary alicyclic amines) is 1. The predicted molar refractivity (Wildman–Crippen MR) is 114 cm³/mol. The minimum Gasteiger partial charge on any atom is -0.454 e. The maximum atomic E-state index is 12.5. The van der Waals surface area contributed by atoms with Crippen molar-refractivity contribution in [2.75, 3.05) is 13.2 Å². The zero-order valence-electron chi connectivity index (χ0n) is 17.5. The zero-order chi connectivity index (χ0) is 22.0. The van der Waals surface area contributed by atoms with E-state index in [9.17, 15) is 19.2 Å². The molecule has 7 heteroatoms. The third-order valence-corrected chi connectivity index (χ3v) is 6.25. The number of esters is 1. The van der Waals surface area contributed by atoms with E-state index in [0.717, 1.165) is 34.1 Å². The van der Waals surface area contributed by atoms with Crippen LogP contribution in [-0.2, 0) is 23.9 Å². The molecule has 1 aliphatic heterocycles. The lowest BCUT2D eigenvalue weighted by atomic mass is 9.81. The van der Waals surface area contributed by atoms with Gasteiger partial charge in [-0.2, -0.15) is 0 Å². The van der Waals surface area contributed by atoms with Crippen LogP contribution in [0.25, 0.3) is 10.8 Å². The third-order valence-electron chi connectivity index (χ3n) is 6.25. The van der Waals surface area contributed by atoms with Crippen LogP contribution in [0.2, 0.25) is 0 Å². The number of nitrogens with one attached hydrogen (secondary N) is 1. The molecule has 0 aromatic heterocycles. The molecule has 2 aromatic carbocycles. The molecular formula is C24H26N2O5. The van der Waals surface area contributed by atoms with Gasteiger partial charge in [0, 0.05) is 0 Å². The molecular weight excluding hydrogens is 396 g/mol. The molecule has 1 N–H and O–H groups in total. The van der Waals surface area contributed by atoms with Crippen molar-refractivity contribution in [3.05, 3.63) is 48.0 Å². The summed E-state index contributed by atoms with van der Waals surface area (Å²) in [6.07, 6.45) is 3.23. The van der Waals surface area contributed by atoms with Gasteiger partial charge >= 0.3 is 5.97 Å². The second-order valence-electron chi connectivity index (χ2n) is 8.28. The number of fused-ring (bicyclic) bond motifs is 2. The monoisotopic (exact) mass is 422 g/mol. The van der Waals surface area contributed by atoms with Gasteiger partial charge in [-0.1, -0.05) is 55.3 Å². The van der Waals surface area contributed by atoms with Crippen molar-refractivity contribution in [2.45, 2.75) is 38.6 Å². The molecule has 31 heavy (non-hydrogen) atoms. The topological polar surface area (TPSA) is 92.8 Å². The number of benzene rings is 2. The maximum absolute atomic E-state index is 12.5. The molecule has 0 radical (unpaired) electrons. The number of hydrogen-bond acceptors (Lipinski definition) is 5. The number of amides is 3. The van der Waals surface area contributed by atoms with Gasteiger partial charge in [-0.05, 0) is 36.1 Å². The van der Waals surface area contributed by atoms with Crippen molar-refractivity contribution >= 4 is 34.5 Å². The minimum atomic E-state index is -0.756. The lowest BCUT2D eigenvalue weighted by Crippen LogP contribution is -2.38. The van der Waals surface area contributed by atoms with E-state index >= 15 is 0 Å². The quantitative estimate of drug-likeness (QED) is 0.571. The molecule has 0 bridgehead atoms. The van der Waals surface area contributed by atoms with Crippen molar-refractivity contribution < 1.29 is 23.9 Å². The molecule has 7 nitrogen and oxygen atoms in total. The van der Waals surface area contributed by atoms with E-state index in [0.29, 0.717) is 12.8 Å². The van der Waals surface area contributed by atoms with E-state index in [-0.39, 0.29) is 29.7 Å². The largest absolute Gasteiger partial charge is 0.454 e. The third kappa shape index (κ3) is 4.31. The van der Waals surface area contributed by atoms with Crippen LogP contribution >= 0.6 is 0 Å². The molecule has 2 aromatic rings. The molecule has 2 fully saturated rings. The highest BCUT2D eigenvalue weighted by Gasteiger charge is 2.48. The maximum Gasteiger partial charge on any atom is 0.326 e. The van der Waals surface area contributed by atoms with Gasteiger partial charge in [-0.3, -0.25) is 24.1 Å². The normalized spacial score (nSPS) is 21.6. The molecule has 3 amide bonds. The summed E-state index contributed by atoms with van der Waals surface area (Å²) >= 11 is 0. The number of imide groups is 1. The lowest BCUT2D eigenvalue weighted by molar-refractivity contribution is -0.155. The first kappa shape index (κ1) is 21.0. The van der Waals surface area contributed by atoms with Crippen LogP contribution in [0.4, 0.5) is 0 Å². The first-order valence-corrected chi connectivity index (χ1v) is 10.7. The number of nitrogens with zero attached hydrogens (tertiary/aromatic N) is 1. The summed E-state index contributed by atoms with van der Waals surface area (Å²) in [5.74, 6) is -2.39. The van der Waals surface area contributed by atoms with Crippen LogP contribution in [0.5, 0.6) is 0 Å². The van der Waals surface area contributed by atoms with E-state index < -0.39 is 25.0 Å². The predicted octanol–water partition coefficient (Wildman–Crippen LogP) is 2.74. The molecule has 1 saturated heterocycles.